The minimum Gasteiger partial charge on any atom is -0.367 e. The van der Waals surface area contributed by atoms with Crippen LogP contribution in [0.1, 0.15) is 49.4 Å². The zero-order valence-electron chi connectivity index (χ0n) is 15.7. The van der Waals surface area contributed by atoms with Crippen LogP contribution in [0.5, 0.6) is 0 Å². The number of nitrogens with one attached hydrogen (secondary N) is 3. The van der Waals surface area contributed by atoms with Crippen molar-refractivity contribution >= 4 is 11.8 Å². The molecule has 0 saturated heterocycles. The van der Waals surface area contributed by atoms with Crippen molar-refractivity contribution in [1.82, 2.24) is 15.6 Å². The number of carbonyl (C=O) groups is 1. The largest absolute Gasteiger partial charge is 0.367 e. The molecule has 0 bridgehead atoms. The summed E-state index contributed by atoms with van der Waals surface area (Å²) in [5, 5.41) is 18.1. The summed E-state index contributed by atoms with van der Waals surface area (Å²) in [7, 11) is 0. The van der Waals surface area contributed by atoms with Crippen LogP contribution < -0.4 is 16.0 Å². The number of fused-ring (bicyclic) bond motifs is 1. The number of nitriles is 1. The van der Waals surface area contributed by atoms with Crippen molar-refractivity contribution in [2.24, 2.45) is 0 Å². The number of pyridine rings is 1. The monoisotopic (exact) mass is 363 g/mol. The molecule has 0 spiro atoms. The predicted molar refractivity (Wildman–Crippen MR) is 105 cm³/mol. The van der Waals surface area contributed by atoms with Crippen LogP contribution in [0.3, 0.4) is 0 Å². The number of aromatic nitrogens is 1. The Morgan fingerprint density at radius 2 is 2.07 bits per heavy atom. The molecule has 1 aliphatic carbocycles. The second-order valence-corrected chi connectivity index (χ2v) is 7.40. The van der Waals surface area contributed by atoms with Crippen LogP contribution in [-0.4, -0.2) is 24.1 Å². The lowest BCUT2D eigenvalue weighted by Crippen LogP contribution is -2.42. The normalized spacial score (nSPS) is 17.3. The molecule has 1 aliphatic rings. The Kier molecular flexibility index (Phi) is 5.60. The lowest BCUT2D eigenvalue weighted by atomic mass is 9.71. The highest BCUT2D eigenvalue weighted by atomic mass is 16.2. The van der Waals surface area contributed by atoms with Gasteiger partial charge in [0.1, 0.15) is 11.9 Å². The van der Waals surface area contributed by atoms with E-state index in [2.05, 4.69) is 59.1 Å². The van der Waals surface area contributed by atoms with E-state index in [1.54, 1.807) is 18.3 Å². The summed E-state index contributed by atoms with van der Waals surface area (Å²) in [6.45, 7) is 5.43. The van der Waals surface area contributed by atoms with Crippen LogP contribution in [0.25, 0.3) is 0 Å². The number of rotatable bonds is 5. The summed E-state index contributed by atoms with van der Waals surface area (Å²) < 4.78 is 0. The summed E-state index contributed by atoms with van der Waals surface area (Å²) in [4.78, 5) is 16.4. The zero-order chi connectivity index (χ0) is 19.3. The van der Waals surface area contributed by atoms with Crippen molar-refractivity contribution in [3.63, 3.8) is 0 Å². The lowest BCUT2D eigenvalue weighted by molar-refractivity contribution is 0.234. The maximum atomic E-state index is 12.3. The molecule has 0 unspecified atom stereocenters. The van der Waals surface area contributed by atoms with E-state index >= 15 is 0 Å². The van der Waals surface area contributed by atoms with Gasteiger partial charge in [-0.3, -0.25) is 0 Å². The van der Waals surface area contributed by atoms with Crippen LogP contribution in [-0.2, 0) is 5.41 Å². The summed E-state index contributed by atoms with van der Waals surface area (Å²) in [5.41, 5.74) is 3.14. The first-order valence-corrected chi connectivity index (χ1v) is 9.24. The number of carbonyl (C=O) groups excluding carboxylic acids is 1. The molecule has 1 atom stereocenters. The second kappa shape index (κ2) is 8.09. The molecular formula is C21H25N5O. The van der Waals surface area contributed by atoms with E-state index in [4.69, 9.17) is 5.26 Å². The first-order chi connectivity index (χ1) is 13.0. The molecule has 0 radical (unpaired) electrons. The molecule has 0 fully saturated rings. The fraction of sp³-hybridized carbons (Fsp3) is 0.381. The van der Waals surface area contributed by atoms with Gasteiger partial charge in [-0.15, -0.1) is 0 Å². The first kappa shape index (κ1) is 18.7. The van der Waals surface area contributed by atoms with Gasteiger partial charge < -0.3 is 16.0 Å². The molecule has 1 aromatic heterocycles. The van der Waals surface area contributed by atoms with Crippen molar-refractivity contribution in [3.05, 3.63) is 59.3 Å². The van der Waals surface area contributed by atoms with Gasteiger partial charge in [-0.2, -0.15) is 5.26 Å². The Balaban J connectivity index is 1.51. The lowest BCUT2D eigenvalue weighted by Gasteiger charge is -2.37. The van der Waals surface area contributed by atoms with Crippen molar-refractivity contribution in [1.29, 1.82) is 5.26 Å². The predicted octanol–water partition coefficient (Wildman–Crippen LogP) is 3.48. The van der Waals surface area contributed by atoms with Crippen LogP contribution >= 0.6 is 0 Å². The molecule has 27 heavy (non-hydrogen) atoms. The quantitative estimate of drug-likeness (QED) is 0.710. The fourth-order valence-electron chi connectivity index (χ4n) is 3.57. The minimum atomic E-state index is -0.183. The molecule has 6 nitrogen and oxygen atoms in total. The van der Waals surface area contributed by atoms with Gasteiger partial charge in [0, 0.05) is 19.3 Å². The van der Waals surface area contributed by atoms with Gasteiger partial charge in [0.25, 0.3) is 0 Å². The molecule has 1 heterocycles. The third-order valence-electron chi connectivity index (χ3n) is 5.06. The van der Waals surface area contributed by atoms with E-state index in [-0.39, 0.29) is 17.5 Å². The van der Waals surface area contributed by atoms with E-state index in [0.29, 0.717) is 24.5 Å². The molecular weight excluding hydrogens is 338 g/mol. The van der Waals surface area contributed by atoms with E-state index < -0.39 is 0 Å². The average Bonchev–Trinajstić information content (AvgIpc) is 2.68. The Morgan fingerprint density at radius 1 is 1.26 bits per heavy atom. The number of urea groups is 1. The van der Waals surface area contributed by atoms with Crippen LogP contribution in [0.2, 0.25) is 0 Å². The Bertz CT molecular complexity index is 856. The molecule has 3 N–H and O–H groups in total. The SMILES string of the molecule is CC1(C)CC[C@H](NC(=O)NCCNc2ncccc2C#N)c2ccccc21. The summed E-state index contributed by atoms with van der Waals surface area (Å²) in [6.07, 6.45) is 3.59. The number of amides is 2. The first-order valence-electron chi connectivity index (χ1n) is 9.24. The Hall–Kier alpha value is -3.07. The minimum absolute atomic E-state index is 0.0307. The average molecular weight is 363 g/mol. The van der Waals surface area contributed by atoms with Gasteiger partial charge in [-0.25, -0.2) is 9.78 Å². The molecule has 1 aromatic carbocycles. The summed E-state index contributed by atoms with van der Waals surface area (Å²) in [5.74, 6) is 0.533. The molecule has 6 heteroatoms. The summed E-state index contributed by atoms with van der Waals surface area (Å²) >= 11 is 0. The van der Waals surface area contributed by atoms with E-state index in [9.17, 15) is 4.79 Å². The molecule has 2 amide bonds. The van der Waals surface area contributed by atoms with Crippen molar-refractivity contribution in [3.8, 4) is 6.07 Å². The van der Waals surface area contributed by atoms with Gasteiger partial charge in [0.15, 0.2) is 0 Å². The topological polar surface area (TPSA) is 89.8 Å². The highest BCUT2D eigenvalue weighted by molar-refractivity contribution is 5.74. The zero-order valence-corrected chi connectivity index (χ0v) is 15.7. The van der Waals surface area contributed by atoms with Crippen LogP contribution in [0.15, 0.2) is 42.6 Å². The molecule has 140 valence electrons. The molecule has 0 aliphatic heterocycles. The Labute approximate surface area is 160 Å². The standard InChI is InChI=1S/C21H25N5O/c1-21(2)10-9-18(16-7-3-4-8-17(16)21)26-20(27)25-13-12-24-19-15(14-22)6-5-11-23-19/h3-8,11,18H,9-10,12-13H2,1-2H3,(H,23,24)(H2,25,26,27)/t18-/m0/s1. The van der Waals surface area contributed by atoms with E-state index in [1.165, 1.54) is 11.1 Å². The van der Waals surface area contributed by atoms with Crippen molar-refractivity contribution < 1.29 is 4.79 Å². The third kappa shape index (κ3) is 4.37. The maximum absolute atomic E-state index is 12.3. The highest BCUT2D eigenvalue weighted by Gasteiger charge is 2.32. The number of anilines is 1. The maximum Gasteiger partial charge on any atom is 0.315 e. The Morgan fingerprint density at radius 3 is 2.89 bits per heavy atom. The molecule has 2 aromatic rings. The number of hydrogen-bond donors (Lipinski definition) is 3. The van der Waals surface area contributed by atoms with E-state index in [1.807, 2.05) is 6.07 Å². The smallest absolute Gasteiger partial charge is 0.315 e. The van der Waals surface area contributed by atoms with Crippen LogP contribution in [0.4, 0.5) is 10.6 Å². The van der Waals surface area contributed by atoms with Gasteiger partial charge in [-0.05, 0) is 41.5 Å². The number of nitrogens with zero attached hydrogens (tertiary/aromatic N) is 2. The third-order valence-corrected chi connectivity index (χ3v) is 5.06. The molecule has 3 rings (SSSR count). The number of benzene rings is 1. The van der Waals surface area contributed by atoms with Crippen LogP contribution in [0, 0.1) is 11.3 Å². The van der Waals surface area contributed by atoms with Gasteiger partial charge >= 0.3 is 6.03 Å². The molecule has 0 saturated carbocycles. The van der Waals surface area contributed by atoms with E-state index in [0.717, 1.165) is 12.8 Å². The van der Waals surface area contributed by atoms with Gasteiger partial charge in [0.05, 0.1) is 11.6 Å². The highest BCUT2D eigenvalue weighted by Crippen LogP contribution is 2.41. The fourth-order valence-corrected chi connectivity index (χ4v) is 3.57. The summed E-state index contributed by atoms with van der Waals surface area (Å²) in [6, 6.07) is 13.7. The second-order valence-electron chi connectivity index (χ2n) is 7.40. The van der Waals surface area contributed by atoms with Crippen molar-refractivity contribution in [2.45, 2.75) is 38.1 Å². The van der Waals surface area contributed by atoms with Gasteiger partial charge in [-0.1, -0.05) is 38.1 Å². The van der Waals surface area contributed by atoms with Gasteiger partial charge in [0.2, 0.25) is 0 Å². The van der Waals surface area contributed by atoms with Crippen molar-refractivity contribution in [2.75, 3.05) is 18.4 Å². The number of hydrogen-bond acceptors (Lipinski definition) is 4.